The minimum Gasteiger partial charge on any atom is -0.348 e. The number of amides is 1. The lowest BCUT2D eigenvalue weighted by Crippen LogP contribution is -2.42. The maximum absolute atomic E-state index is 12.9. The molecule has 21 heavy (non-hydrogen) atoms. The monoisotopic (exact) mass is 286 g/mol. The number of carbonyl (C=O) groups excluding carboxylic acids is 1. The molecular weight excluding hydrogens is 267 g/mol. The summed E-state index contributed by atoms with van der Waals surface area (Å²) in [6.07, 6.45) is 0.489. The maximum atomic E-state index is 12.9. The minimum absolute atomic E-state index is 0.208. The van der Waals surface area contributed by atoms with Crippen LogP contribution in [0.5, 0.6) is 0 Å². The van der Waals surface area contributed by atoms with Gasteiger partial charge < -0.3 is 11.1 Å². The minimum atomic E-state index is -0.602. The summed E-state index contributed by atoms with van der Waals surface area (Å²) in [4.78, 5) is 12.1. The molecule has 0 saturated heterocycles. The molecule has 0 fully saturated rings. The van der Waals surface area contributed by atoms with Crippen molar-refractivity contribution < 1.29 is 9.18 Å². The number of hydrogen-bond donors (Lipinski definition) is 2. The van der Waals surface area contributed by atoms with Crippen molar-refractivity contribution in [3.8, 4) is 0 Å². The van der Waals surface area contributed by atoms with Crippen LogP contribution in [0.4, 0.5) is 4.39 Å². The van der Waals surface area contributed by atoms with Gasteiger partial charge in [0.2, 0.25) is 5.91 Å². The summed E-state index contributed by atoms with van der Waals surface area (Å²) in [5, 5.41) is 2.85. The maximum Gasteiger partial charge on any atom is 0.237 e. The van der Waals surface area contributed by atoms with Gasteiger partial charge in [0, 0.05) is 0 Å². The second-order valence-electron chi connectivity index (χ2n) is 5.08. The molecular formula is C17H19FN2O. The van der Waals surface area contributed by atoms with Crippen LogP contribution in [-0.2, 0) is 11.2 Å². The normalized spacial score (nSPS) is 13.5. The number of nitrogens with one attached hydrogen (secondary N) is 1. The van der Waals surface area contributed by atoms with Gasteiger partial charge in [-0.05, 0) is 36.6 Å². The van der Waals surface area contributed by atoms with E-state index in [0.717, 1.165) is 11.1 Å². The third kappa shape index (κ3) is 4.39. The van der Waals surface area contributed by atoms with Crippen molar-refractivity contribution in [1.29, 1.82) is 0 Å². The molecule has 0 aliphatic carbocycles. The number of halogens is 1. The molecule has 2 aromatic rings. The van der Waals surface area contributed by atoms with E-state index in [9.17, 15) is 9.18 Å². The predicted molar refractivity (Wildman–Crippen MR) is 81.1 cm³/mol. The van der Waals surface area contributed by atoms with E-state index in [1.165, 1.54) is 12.1 Å². The summed E-state index contributed by atoms with van der Waals surface area (Å²) >= 11 is 0. The fourth-order valence-corrected chi connectivity index (χ4v) is 2.12. The van der Waals surface area contributed by atoms with Gasteiger partial charge in [-0.3, -0.25) is 4.79 Å². The van der Waals surface area contributed by atoms with Gasteiger partial charge in [-0.15, -0.1) is 0 Å². The van der Waals surface area contributed by atoms with E-state index in [4.69, 9.17) is 5.73 Å². The van der Waals surface area contributed by atoms with Crippen LogP contribution in [0.3, 0.4) is 0 Å². The summed E-state index contributed by atoms with van der Waals surface area (Å²) in [7, 11) is 0. The lowest BCUT2D eigenvalue weighted by molar-refractivity contribution is -0.123. The molecule has 0 spiro atoms. The van der Waals surface area contributed by atoms with Crippen molar-refractivity contribution in [2.45, 2.75) is 25.4 Å². The standard InChI is InChI=1S/C17H19FN2O/c1-12(14-7-9-15(18)10-8-14)20-17(21)16(19)11-13-5-3-2-4-6-13/h2-10,12,16H,11,19H2,1H3,(H,20,21)/t12-,16?/m0/s1. The SMILES string of the molecule is C[C@H](NC(=O)C(N)Cc1ccccc1)c1ccc(F)cc1. The van der Waals surface area contributed by atoms with Crippen LogP contribution in [0.2, 0.25) is 0 Å². The molecule has 0 saturated carbocycles. The molecule has 1 unspecified atom stereocenters. The first-order valence-corrected chi connectivity index (χ1v) is 6.91. The Balaban J connectivity index is 1.92. The zero-order valence-corrected chi connectivity index (χ0v) is 11.9. The molecule has 0 radical (unpaired) electrons. The zero-order chi connectivity index (χ0) is 15.2. The molecule has 2 rings (SSSR count). The lowest BCUT2D eigenvalue weighted by Gasteiger charge is -2.18. The van der Waals surface area contributed by atoms with Gasteiger partial charge in [-0.1, -0.05) is 42.5 Å². The first-order chi connectivity index (χ1) is 10.1. The Hall–Kier alpha value is -2.20. The Morgan fingerprint density at radius 3 is 2.38 bits per heavy atom. The van der Waals surface area contributed by atoms with Gasteiger partial charge in [0.25, 0.3) is 0 Å². The average molecular weight is 286 g/mol. The summed E-state index contributed by atoms with van der Waals surface area (Å²) < 4.78 is 12.9. The van der Waals surface area contributed by atoms with E-state index in [2.05, 4.69) is 5.32 Å². The molecule has 0 aliphatic heterocycles. The largest absolute Gasteiger partial charge is 0.348 e. The Bertz CT molecular complexity index is 583. The number of benzene rings is 2. The van der Waals surface area contributed by atoms with Crippen LogP contribution < -0.4 is 11.1 Å². The number of carbonyl (C=O) groups is 1. The highest BCUT2D eigenvalue weighted by Crippen LogP contribution is 2.13. The quantitative estimate of drug-likeness (QED) is 0.887. The van der Waals surface area contributed by atoms with Gasteiger partial charge in [-0.2, -0.15) is 0 Å². The number of nitrogens with two attached hydrogens (primary N) is 1. The Kier molecular flexibility index (Phi) is 5.06. The van der Waals surface area contributed by atoms with Gasteiger partial charge in [0.1, 0.15) is 5.82 Å². The van der Waals surface area contributed by atoms with Crippen molar-refractivity contribution in [1.82, 2.24) is 5.32 Å². The molecule has 1 amide bonds. The van der Waals surface area contributed by atoms with Crippen LogP contribution in [0.15, 0.2) is 54.6 Å². The summed E-state index contributed by atoms with van der Waals surface area (Å²) in [6.45, 7) is 1.85. The molecule has 4 heteroatoms. The fraction of sp³-hybridized carbons (Fsp3) is 0.235. The predicted octanol–water partition coefficient (Wildman–Crippen LogP) is 2.57. The van der Waals surface area contributed by atoms with Crippen LogP contribution in [-0.4, -0.2) is 11.9 Å². The Morgan fingerprint density at radius 2 is 1.76 bits per heavy atom. The number of rotatable bonds is 5. The van der Waals surface area contributed by atoms with Crippen LogP contribution in [0, 0.1) is 5.82 Å². The first-order valence-electron chi connectivity index (χ1n) is 6.91. The molecule has 2 aromatic carbocycles. The molecule has 3 N–H and O–H groups in total. The third-order valence-corrected chi connectivity index (χ3v) is 3.36. The van der Waals surface area contributed by atoms with E-state index in [-0.39, 0.29) is 17.8 Å². The average Bonchev–Trinajstić information content (AvgIpc) is 2.48. The third-order valence-electron chi connectivity index (χ3n) is 3.36. The van der Waals surface area contributed by atoms with Gasteiger partial charge in [0.05, 0.1) is 12.1 Å². The molecule has 0 aromatic heterocycles. The molecule has 3 nitrogen and oxygen atoms in total. The van der Waals surface area contributed by atoms with E-state index in [1.807, 2.05) is 37.3 Å². The molecule has 0 heterocycles. The Morgan fingerprint density at radius 1 is 1.14 bits per heavy atom. The van der Waals surface area contributed by atoms with Crippen LogP contribution in [0.1, 0.15) is 24.1 Å². The van der Waals surface area contributed by atoms with Crippen molar-refractivity contribution >= 4 is 5.91 Å². The highest BCUT2D eigenvalue weighted by molar-refractivity contribution is 5.82. The molecule has 110 valence electrons. The molecule has 0 aliphatic rings. The highest BCUT2D eigenvalue weighted by Gasteiger charge is 2.17. The van der Waals surface area contributed by atoms with E-state index < -0.39 is 6.04 Å². The molecule has 0 bridgehead atoms. The van der Waals surface area contributed by atoms with Crippen molar-refractivity contribution in [3.05, 3.63) is 71.5 Å². The topological polar surface area (TPSA) is 55.1 Å². The molecule has 2 atom stereocenters. The van der Waals surface area contributed by atoms with Crippen LogP contribution in [0.25, 0.3) is 0 Å². The van der Waals surface area contributed by atoms with Gasteiger partial charge in [0.15, 0.2) is 0 Å². The van der Waals surface area contributed by atoms with Gasteiger partial charge in [-0.25, -0.2) is 4.39 Å². The van der Waals surface area contributed by atoms with Gasteiger partial charge >= 0.3 is 0 Å². The fourth-order valence-electron chi connectivity index (χ4n) is 2.12. The van der Waals surface area contributed by atoms with Crippen LogP contribution >= 0.6 is 0 Å². The second-order valence-corrected chi connectivity index (χ2v) is 5.08. The van der Waals surface area contributed by atoms with Crippen molar-refractivity contribution in [3.63, 3.8) is 0 Å². The van der Waals surface area contributed by atoms with Crippen molar-refractivity contribution in [2.75, 3.05) is 0 Å². The summed E-state index contributed by atoms with van der Waals surface area (Å²) in [5.41, 5.74) is 7.79. The highest BCUT2D eigenvalue weighted by atomic mass is 19.1. The Labute approximate surface area is 124 Å². The van der Waals surface area contributed by atoms with E-state index in [1.54, 1.807) is 12.1 Å². The summed E-state index contributed by atoms with van der Waals surface area (Å²) in [6, 6.07) is 14.9. The smallest absolute Gasteiger partial charge is 0.237 e. The zero-order valence-electron chi connectivity index (χ0n) is 11.9. The summed E-state index contributed by atoms with van der Waals surface area (Å²) in [5.74, 6) is -0.506. The van der Waals surface area contributed by atoms with Crippen molar-refractivity contribution in [2.24, 2.45) is 5.73 Å². The second kappa shape index (κ2) is 6.99. The van der Waals surface area contributed by atoms with E-state index >= 15 is 0 Å². The van der Waals surface area contributed by atoms with E-state index in [0.29, 0.717) is 6.42 Å². The first kappa shape index (κ1) is 15.2. The lowest BCUT2D eigenvalue weighted by atomic mass is 10.0. The number of hydrogen-bond acceptors (Lipinski definition) is 2.